The van der Waals surface area contributed by atoms with Gasteiger partial charge in [-0.2, -0.15) is 10.2 Å². The molecule has 0 saturated carbocycles. The number of para-hydroxylation sites is 1. The van der Waals surface area contributed by atoms with Gasteiger partial charge in [-0.3, -0.25) is 0 Å². The Bertz CT molecular complexity index is 1570. The van der Waals surface area contributed by atoms with Crippen molar-refractivity contribution >= 4 is 5.57 Å². The van der Waals surface area contributed by atoms with E-state index in [2.05, 4.69) is 87.7 Å². The number of halogens is 2. The van der Waals surface area contributed by atoms with Crippen LogP contribution in [-0.2, 0) is 25.3 Å². The summed E-state index contributed by atoms with van der Waals surface area (Å²) in [7, 11) is 4.22. The summed E-state index contributed by atoms with van der Waals surface area (Å²) >= 11 is 0. The van der Waals surface area contributed by atoms with Crippen LogP contribution in [0.4, 0.5) is 8.78 Å². The Kier molecular flexibility index (Phi) is 9.33. The summed E-state index contributed by atoms with van der Waals surface area (Å²) < 4.78 is 35.9. The van der Waals surface area contributed by atoms with Crippen LogP contribution in [0.2, 0.25) is 0 Å². The second-order valence-electron chi connectivity index (χ2n) is 10.5. The third-order valence-corrected chi connectivity index (χ3v) is 7.01. The highest BCUT2D eigenvalue weighted by Gasteiger charge is 2.34. The second kappa shape index (κ2) is 13.5. The summed E-state index contributed by atoms with van der Waals surface area (Å²) in [5, 5.41) is 18.8. The summed E-state index contributed by atoms with van der Waals surface area (Å²) in [5.74, 6) is -0.586. The number of benzene rings is 3. The molecule has 0 unspecified atom stereocenters. The lowest BCUT2D eigenvalue weighted by atomic mass is 9.93. The number of ether oxygens (including phenoxy) is 1. The Hall–Kier alpha value is -4.74. The normalized spacial score (nSPS) is 13.5. The first-order valence-corrected chi connectivity index (χ1v) is 13.8. The van der Waals surface area contributed by atoms with Gasteiger partial charge in [-0.1, -0.05) is 54.6 Å². The van der Waals surface area contributed by atoms with Gasteiger partial charge in [0.25, 0.3) is 0 Å². The van der Waals surface area contributed by atoms with Gasteiger partial charge in [-0.15, -0.1) is 0 Å². The van der Waals surface area contributed by atoms with E-state index in [-0.39, 0.29) is 18.7 Å². The minimum Gasteiger partial charge on any atom is -0.488 e. The van der Waals surface area contributed by atoms with E-state index in [0.29, 0.717) is 6.61 Å². The van der Waals surface area contributed by atoms with Crippen LogP contribution in [0.1, 0.15) is 28.7 Å². The summed E-state index contributed by atoms with van der Waals surface area (Å²) in [4.78, 5) is 9.78. The molecule has 11 heteroatoms. The number of rotatable bonds is 8. The van der Waals surface area contributed by atoms with Gasteiger partial charge >= 0.3 is 0 Å². The van der Waals surface area contributed by atoms with Gasteiger partial charge in [-0.25, -0.2) is 28.1 Å². The Morgan fingerprint density at radius 3 is 2.19 bits per heavy atom. The molecule has 222 valence electrons. The van der Waals surface area contributed by atoms with E-state index in [0.717, 1.165) is 30.8 Å². The summed E-state index contributed by atoms with van der Waals surface area (Å²) in [6.07, 6.45) is 8.77. The van der Waals surface area contributed by atoms with Crippen molar-refractivity contribution in [2.45, 2.75) is 31.7 Å². The van der Waals surface area contributed by atoms with Crippen LogP contribution in [0, 0.1) is 11.6 Å². The van der Waals surface area contributed by atoms with Crippen LogP contribution in [0.3, 0.4) is 0 Å². The van der Waals surface area contributed by atoms with Gasteiger partial charge in [0.15, 0.2) is 0 Å². The minimum atomic E-state index is -1.70. The Balaban J connectivity index is 0.000000171. The van der Waals surface area contributed by atoms with Crippen LogP contribution in [0.25, 0.3) is 5.57 Å². The number of aromatic nitrogens is 6. The molecule has 5 aromatic rings. The molecule has 2 aromatic heterocycles. The van der Waals surface area contributed by atoms with Gasteiger partial charge in [0.2, 0.25) is 0 Å². The maximum atomic E-state index is 14.1. The van der Waals surface area contributed by atoms with Crippen LogP contribution in [-0.4, -0.2) is 60.2 Å². The molecular weight excluding hydrogens is 552 g/mol. The highest BCUT2D eigenvalue weighted by molar-refractivity contribution is 5.84. The fourth-order valence-corrected chi connectivity index (χ4v) is 4.96. The maximum absolute atomic E-state index is 14.1. The van der Waals surface area contributed by atoms with Crippen LogP contribution >= 0.6 is 0 Å². The van der Waals surface area contributed by atoms with Crippen molar-refractivity contribution < 1.29 is 18.6 Å². The lowest BCUT2D eigenvalue weighted by Gasteiger charge is -2.28. The predicted octanol–water partition coefficient (Wildman–Crippen LogP) is 4.70. The molecule has 0 fully saturated rings. The molecule has 1 aliphatic rings. The molecule has 9 nitrogen and oxygen atoms in total. The second-order valence-corrected chi connectivity index (χ2v) is 10.5. The van der Waals surface area contributed by atoms with Crippen molar-refractivity contribution in [1.29, 1.82) is 0 Å². The molecule has 3 aromatic carbocycles. The molecular formula is C32H33F2N7O2. The summed E-state index contributed by atoms with van der Waals surface area (Å²) in [5.41, 5.74) is 3.28. The van der Waals surface area contributed by atoms with Crippen molar-refractivity contribution in [3.05, 3.63) is 132 Å². The molecule has 43 heavy (non-hydrogen) atoms. The quantitative estimate of drug-likeness (QED) is 0.282. The smallest absolute Gasteiger partial charge is 0.137 e. The van der Waals surface area contributed by atoms with Crippen molar-refractivity contribution in [2.24, 2.45) is 0 Å². The number of hydrogen-bond donors (Lipinski definition) is 1. The van der Waals surface area contributed by atoms with E-state index in [4.69, 9.17) is 4.74 Å². The first-order valence-electron chi connectivity index (χ1n) is 13.8. The fraction of sp³-hybridized carbons (Fsp3) is 0.250. The molecule has 0 aliphatic carbocycles. The minimum absolute atomic E-state index is 0.0556. The molecule has 1 N–H and O–H groups in total. The van der Waals surface area contributed by atoms with Crippen LogP contribution in [0.5, 0.6) is 5.75 Å². The van der Waals surface area contributed by atoms with E-state index in [1.807, 2.05) is 6.07 Å². The molecule has 0 bridgehead atoms. The zero-order chi connectivity index (χ0) is 30.2. The highest BCUT2D eigenvalue weighted by atomic mass is 19.1. The standard InChI is InChI=1S/C19H21NO.C13H12F2N6O/c1-20(2)13-7-11-17-16-9-4-3-8-15(16)14-21-19-12-6-5-10-18(17)19;14-10-1-2-11(12(15)3-10)13(22,4-20-8-16-6-18-20)5-21-9-17-7-19-21/h3-6,8-12H,7,13-14H2,1-2H3;1-3,6-9,22H,4-5H2. The zero-order valence-electron chi connectivity index (χ0n) is 24.0. The maximum Gasteiger partial charge on any atom is 0.137 e. The van der Waals surface area contributed by atoms with Gasteiger partial charge in [-0.05, 0) is 49.3 Å². The molecule has 1 aliphatic heterocycles. The first kappa shape index (κ1) is 29.7. The van der Waals surface area contributed by atoms with Crippen molar-refractivity contribution in [2.75, 3.05) is 20.6 Å². The summed E-state index contributed by atoms with van der Waals surface area (Å²) in [6.45, 7) is 1.54. The topological polar surface area (TPSA) is 94.1 Å². The van der Waals surface area contributed by atoms with E-state index in [9.17, 15) is 13.9 Å². The van der Waals surface area contributed by atoms with E-state index in [1.165, 1.54) is 63.0 Å². The van der Waals surface area contributed by atoms with Gasteiger partial charge in [0.05, 0.1) is 13.1 Å². The van der Waals surface area contributed by atoms with Gasteiger partial charge in [0, 0.05) is 23.7 Å². The number of aliphatic hydroxyl groups is 1. The first-order chi connectivity index (χ1) is 20.8. The van der Waals surface area contributed by atoms with Crippen LogP contribution < -0.4 is 4.74 Å². The fourth-order valence-electron chi connectivity index (χ4n) is 4.96. The van der Waals surface area contributed by atoms with Crippen LogP contribution in [0.15, 0.2) is 98.1 Å². The highest BCUT2D eigenvalue weighted by Crippen LogP contribution is 2.36. The van der Waals surface area contributed by atoms with E-state index >= 15 is 0 Å². The van der Waals surface area contributed by atoms with E-state index in [1.54, 1.807) is 0 Å². The molecule has 0 saturated heterocycles. The van der Waals surface area contributed by atoms with Gasteiger partial charge < -0.3 is 14.7 Å². The largest absolute Gasteiger partial charge is 0.488 e. The van der Waals surface area contributed by atoms with E-state index < -0.39 is 17.2 Å². The average Bonchev–Trinajstić information content (AvgIpc) is 3.67. The Labute approximate surface area is 248 Å². The monoisotopic (exact) mass is 585 g/mol. The number of hydrogen-bond acceptors (Lipinski definition) is 7. The molecule has 0 atom stereocenters. The SMILES string of the molecule is CN(C)CCC=C1c2ccccc2COc2ccccc21.OC(Cn1cncn1)(Cn1cncn1)c1ccc(F)cc1F. The van der Waals surface area contributed by atoms with Crippen molar-refractivity contribution in [3.8, 4) is 5.75 Å². The Morgan fingerprint density at radius 1 is 0.907 bits per heavy atom. The van der Waals surface area contributed by atoms with Gasteiger partial charge in [0.1, 0.15) is 54.9 Å². The van der Waals surface area contributed by atoms with Crippen molar-refractivity contribution in [1.82, 2.24) is 34.4 Å². The molecule has 0 spiro atoms. The Morgan fingerprint density at radius 2 is 1.56 bits per heavy atom. The third-order valence-electron chi connectivity index (χ3n) is 7.01. The number of fused-ring (bicyclic) bond motifs is 2. The zero-order valence-corrected chi connectivity index (χ0v) is 24.0. The average molecular weight is 586 g/mol. The third kappa shape index (κ3) is 7.37. The summed E-state index contributed by atoms with van der Waals surface area (Å²) in [6, 6.07) is 19.9. The molecule has 0 radical (unpaired) electrons. The lowest BCUT2D eigenvalue weighted by Crippen LogP contribution is -2.37. The predicted molar refractivity (Wildman–Crippen MR) is 158 cm³/mol. The molecule has 0 amide bonds. The molecule has 6 rings (SSSR count). The molecule has 3 heterocycles. The lowest BCUT2D eigenvalue weighted by molar-refractivity contribution is -0.00856. The van der Waals surface area contributed by atoms with Crippen molar-refractivity contribution in [3.63, 3.8) is 0 Å². The number of nitrogens with zero attached hydrogens (tertiary/aromatic N) is 7.